The molecule has 0 fully saturated rings. The van der Waals surface area contributed by atoms with Gasteiger partial charge in [-0.3, -0.25) is 0 Å². The zero-order valence-corrected chi connectivity index (χ0v) is 12.2. The molecule has 0 aliphatic heterocycles. The summed E-state index contributed by atoms with van der Waals surface area (Å²) in [4.78, 5) is 0. The van der Waals surface area contributed by atoms with E-state index >= 15 is 0 Å². The molecule has 0 amide bonds. The fourth-order valence-corrected chi connectivity index (χ4v) is 2.13. The van der Waals surface area contributed by atoms with Crippen LogP contribution in [-0.2, 0) is 5.41 Å². The highest BCUT2D eigenvalue weighted by atomic mass is 32.2. The van der Waals surface area contributed by atoms with Crippen molar-refractivity contribution in [1.29, 1.82) is 5.26 Å². The van der Waals surface area contributed by atoms with Gasteiger partial charge >= 0.3 is 0 Å². The minimum absolute atomic E-state index is 0.186. The van der Waals surface area contributed by atoms with Crippen LogP contribution in [-0.4, -0.2) is 18.1 Å². The molecule has 0 atom stereocenters. The molecule has 0 radical (unpaired) electrons. The topological polar surface area (TPSA) is 33.0 Å². The highest BCUT2D eigenvalue weighted by Gasteiger charge is 2.12. The van der Waals surface area contributed by atoms with Gasteiger partial charge in [0.05, 0.1) is 12.7 Å². The highest BCUT2D eigenvalue weighted by Crippen LogP contribution is 2.24. The second-order valence-corrected chi connectivity index (χ2v) is 6.37. The molecular weight excluding hydrogens is 242 g/mol. The van der Waals surface area contributed by atoms with Gasteiger partial charge in [-0.1, -0.05) is 32.9 Å². The van der Waals surface area contributed by atoms with Crippen molar-refractivity contribution >= 4 is 11.8 Å². The lowest BCUT2D eigenvalue weighted by molar-refractivity contribution is 0.343. The van der Waals surface area contributed by atoms with Crippen molar-refractivity contribution in [2.75, 3.05) is 18.1 Å². The van der Waals surface area contributed by atoms with Crippen molar-refractivity contribution in [3.63, 3.8) is 0 Å². The van der Waals surface area contributed by atoms with Crippen LogP contribution in [0.5, 0.6) is 5.75 Å². The average Bonchev–Trinajstić information content (AvgIpc) is 2.33. The molecule has 0 spiro atoms. The maximum absolute atomic E-state index is 8.40. The number of ether oxygens (including phenoxy) is 1. The molecule has 3 heteroatoms. The minimum atomic E-state index is 0.186. The fraction of sp³-hybridized carbons (Fsp3) is 0.533. The van der Waals surface area contributed by atoms with Gasteiger partial charge in [0.2, 0.25) is 0 Å². The molecule has 1 rings (SSSR count). The second-order valence-electron chi connectivity index (χ2n) is 5.14. The Kier molecular flexibility index (Phi) is 6.07. The third-order valence-corrected chi connectivity index (χ3v) is 3.52. The smallest absolute Gasteiger partial charge is 0.119 e. The standard InChI is InChI=1S/C15H21NOS/c1-15(2,3)13-5-7-14(8-6-13)17-10-12-18-11-4-9-16/h5-8H,4,10-12H2,1-3H3. The maximum atomic E-state index is 8.40. The molecule has 0 saturated carbocycles. The SMILES string of the molecule is CC(C)(C)c1ccc(OCCSCCC#N)cc1. The number of rotatable bonds is 6. The Hall–Kier alpha value is -1.14. The molecule has 0 aliphatic carbocycles. The molecule has 2 nitrogen and oxygen atoms in total. The van der Waals surface area contributed by atoms with Gasteiger partial charge in [0, 0.05) is 17.9 Å². The van der Waals surface area contributed by atoms with Gasteiger partial charge in [-0.25, -0.2) is 0 Å². The van der Waals surface area contributed by atoms with Gasteiger partial charge < -0.3 is 4.74 Å². The Balaban J connectivity index is 2.30. The first-order valence-electron chi connectivity index (χ1n) is 6.22. The fourth-order valence-electron chi connectivity index (χ4n) is 1.49. The number of benzene rings is 1. The lowest BCUT2D eigenvalue weighted by Crippen LogP contribution is -2.10. The monoisotopic (exact) mass is 263 g/mol. The van der Waals surface area contributed by atoms with Gasteiger partial charge in [0.1, 0.15) is 5.75 Å². The van der Waals surface area contributed by atoms with Crippen LogP contribution < -0.4 is 4.74 Å². The third-order valence-electron chi connectivity index (χ3n) is 2.57. The van der Waals surface area contributed by atoms with Crippen LogP contribution in [0.25, 0.3) is 0 Å². The van der Waals surface area contributed by atoms with Gasteiger partial charge in [0.15, 0.2) is 0 Å². The summed E-state index contributed by atoms with van der Waals surface area (Å²) >= 11 is 1.76. The molecule has 98 valence electrons. The van der Waals surface area contributed by atoms with Crippen molar-refractivity contribution in [2.24, 2.45) is 0 Å². The summed E-state index contributed by atoms with van der Waals surface area (Å²) in [5, 5.41) is 8.40. The van der Waals surface area contributed by atoms with E-state index in [2.05, 4.69) is 39.0 Å². The average molecular weight is 263 g/mol. The first-order valence-corrected chi connectivity index (χ1v) is 7.37. The normalized spacial score (nSPS) is 11.0. The Labute approximate surface area is 114 Å². The molecule has 1 aromatic carbocycles. The summed E-state index contributed by atoms with van der Waals surface area (Å²) in [5.74, 6) is 2.75. The maximum Gasteiger partial charge on any atom is 0.119 e. The Morgan fingerprint density at radius 2 is 1.83 bits per heavy atom. The second kappa shape index (κ2) is 7.33. The van der Waals surface area contributed by atoms with Gasteiger partial charge in [-0.05, 0) is 23.1 Å². The van der Waals surface area contributed by atoms with Crippen LogP contribution in [0.4, 0.5) is 0 Å². The molecule has 0 N–H and O–H groups in total. The van der Waals surface area contributed by atoms with Crippen LogP contribution in [0.2, 0.25) is 0 Å². The van der Waals surface area contributed by atoms with Gasteiger partial charge in [-0.15, -0.1) is 0 Å². The van der Waals surface area contributed by atoms with E-state index in [4.69, 9.17) is 10.00 Å². The Morgan fingerprint density at radius 3 is 2.39 bits per heavy atom. The van der Waals surface area contributed by atoms with Crippen LogP contribution in [0.15, 0.2) is 24.3 Å². The van der Waals surface area contributed by atoms with E-state index in [1.165, 1.54) is 5.56 Å². The predicted molar refractivity (Wildman–Crippen MR) is 78.2 cm³/mol. The molecule has 0 aromatic heterocycles. The molecular formula is C15H21NOS. The van der Waals surface area contributed by atoms with Crippen LogP contribution in [0.3, 0.4) is 0 Å². The first-order chi connectivity index (χ1) is 8.54. The van der Waals surface area contributed by atoms with Crippen molar-refractivity contribution in [1.82, 2.24) is 0 Å². The van der Waals surface area contributed by atoms with E-state index in [0.29, 0.717) is 13.0 Å². The highest BCUT2D eigenvalue weighted by molar-refractivity contribution is 7.99. The van der Waals surface area contributed by atoms with Crippen molar-refractivity contribution < 1.29 is 4.74 Å². The summed E-state index contributed by atoms with van der Waals surface area (Å²) < 4.78 is 5.65. The molecule has 0 aliphatic rings. The zero-order chi connectivity index (χ0) is 13.4. The van der Waals surface area contributed by atoms with E-state index in [1.54, 1.807) is 11.8 Å². The Bertz CT molecular complexity index is 386. The summed E-state index contributed by atoms with van der Waals surface area (Å²) in [6.07, 6.45) is 0.616. The summed E-state index contributed by atoms with van der Waals surface area (Å²) in [5.41, 5.74) is 1.50. The van der Waals surface area contributed by atoms with Crippen LogP contribution in [0.1, 0.15) is 32.8 Å². The van der Waals surface area contributed by atoms with E-state index < -0.39 is 0 Å². The van der Waals surface area contributed by atoms with Crippen molar-refractivity contribution in [3.8, 4) is 11.8 Å². The van der Waals surface area contributed by atoms with Crippen LogP contribution >= 0.6 is 11.8 Å². The summed E-state index contributed by atoms with van der Waals surface area (Å²) in [6, 6.07) is 10.4. The lowest BCUT2D eigenvalue weighted by atomic mass is 9.87. The van der Waals surface area contributed by atoms with E-state index in [-0.39, 0.29) is 5.41 Å². The molecule has 0 heterocycles. The number of nitriles is 1. The van der Waals surface area contributed by atoms with Crippen molar-refractivity contribution in [2.45, 2.75) is 32.6 Å². The molecule has 0 saturated heterocycles. The van der Waals surface area contributed by atoms with Gasteiger partial charge in [0.25, 0.3) is 0 Å². The molecule has 1 aromatic rings. The quantitative estimate of drug-likeness (QED) is 0.727. The summed E-state index contributed by atoms with van der Waals surface area (Å²) in [6.45, 7) is 7.31. The molecule has 0 bridgehead atoms. The van der Waals surface area contributed by atoms with E-state index in [9.17, 15) is 0 Å². The Morgan fingerprint density at radius 1 is 1.17 bits per heavy atom. The molecule has 18 heavy (non-hydrogen) atoms. The number of hydrogen-bond donors (Lipinski definition) is 0. The first kappa shape index (κ1) is 14.9. The zero-order valence-electron chi connectivity index (χ0n) is 11.4. The summed E-state index contributed by atoms with van der Waals surface area (Å²) in [7, 11) is 0. The third kappa shape index (κ3) is 5.46. The van der Waals surface area contributed by atoms with Crippen LogP contribution in [0, 0.1) is 11.3 Å². The minimum Gasteiger partial charge on any atom is -0.493 e. The lowest BCUT2D eigenvalue weighted by Gasteiger charge is -2.19. The van der Waals surface area contributed by atoms with Crippen molar-refractivity contribution in [3.05, 3.63) is 29.8 Å². The predicted octanol–water partition coefficient (Wildman–Crippen LogP) is 4.01. The number of thioether (sulfide) groups is 1. The number of nitrogens with zero attached hydrogens (tertiary/aromatic N) is 1. The largest absolute Gasteiger partial charge is 0.493 e. The van der Waals surface area contributed by atoms with E-state index in [1.807, 2.05) is 12.1 Å². The number of hydrogen-bond acceptors (Lipinski definition) is 3. The van der Waals surface area contributed by atoms with Gasteiger partial charge in [-0.2, -0.15) is 17.0 Å². The van der Waals surface area contributed by atoms with E-state index in [0.717, 1.165) is 17.3 Å². The molecule has 0 unspecified atom stereocenters.